The predicted octanol–water partition coefficient (Wildman–Crippen LogP) is 2.32. The number of hydrogen-bond acceptors (Lipinski definition) is 2. The number of pyridine rings is 1. The summed E-state index contributed by atoms with van der Waals surface area (Å²) >= 11 is 0. The van der Waals surface area contributed by atoms with Crippen molar-refractivity contribution in [3.8, 4) is 12.3 Å². The first-order valence-corrected chi connectivity index (χ1v) is 5.38. The zero-order valence-corrected chi connectivity index (χ0v) is 9.46. The summed E-state index contributed by atoms with van der Waals surface area (Å²) in [5.74, 6) is 2.67. The van der Waals surface area contributed by atoms with Gasteiger partial charge in [-0.2, -0.15) is 0 Å². The van der Waals surface area contributed by atoms with Crippen LogP contribution < -0.4 is 5.32 Å². The first-order chi connectivity index (χ1) is 7.33. The number of nitrogens with one attached hydrogen (secondary N) is 1. The summed E-state index contributed by atoms with van der Waals surface area (Å²) in [7, 11) is 1.95. The van der Waals surface area contributed by atoms with Gasteiger partial charge in [-0.3, -0.25) is 4.98 Å². The molecule has 15 heavy (non-hydrogen) atoms. The van der Waals surface area contributed by atoms with Gasteiger partial charge in [-0.05, 0) is 31.5 Å². The average molecular weight is 202 g/mol. The van der Waals surface area contributed by atoms with Gasteiger partial charge in [0.2, 0.25) is 0 Å². The second-order valence-electron chi connectivity index (χ2n) is 3.49. The van der Waals surface area contributed by atoms with Gasteiger partial charge < -0.3 is 5.32 Å². The van der Waals surface area contributed by atoms with E-state index < -0.39 is 0 Å². The minimum absolute atomic E-state index is 0.275. The second kappa shape index (κ2) is 6.21. The first-order valence-electron chi connectivity index (χ1n) is 5.38. The zero-order chi connectivity index (χ0) is 11.1. The molecular weight excluding hydrogens is 184 g/mol. The Morgan fingerprint density at radius 2 is 2.40 bits per heavy atom. The van der Waals surface area contributed by atoms with Gasteiger partial charge >= 0.3 is 0 Å². The molecule has 0 saturated carbocycles. The molecule has 0 aliphatic carbocycles. The van der Waals surface area contributed by atoms with Crippen molar-refractivity contribution in [2.24, 2.45) is 0 Å². The van der Waals surface area contributed by atoms with E-state index in [9.17, 15) is 0 Å². The van der Waals surface area contributed by atoms with Crippen LogP contribution in [0.4, 0.5) is 0 Å². The molecule has 0 spiro atoms. The third-order valence-electron chi connectivity index (χ3n) is 2.56. The number of nitrogens with zero attached hydrogens (tertiary/aromatic N) is 1. The molecule has 1 N–H and O–H groups in total. The maximum atomic E-state index is 5.28. The Morgan fingerprint density at radius 3 is 3.00 bits per heavy atom. The summed E-state index contributed by atoms with van der Waals surface area (Å²) in [6, 6.07) is 4.39. The summed E-state index contributed by atoms with van der Waals surface area (Å²) in [5.41, 5.74) is 2.44. The molecule has 1 heterocycles. The van der Waals surface area contributed by atoms with E-state index in [1.165, 1.54) is 5.56 Å². The lowest BCUT2D eigenvalue weighted by Gasteiger charge is -2.17. The highest BCUT2D eigenvalue weighted by atomic mass is 14.9. The monoisotopic (exact) mass is 202 g/mol. The van der Waals surface area contributed by atoms with Crippen LogP contribution >= 0.6 is 0 Å². The van der Waals surface area contributed by atoms with E-state index in [1.807, 2.05) is 19.3 Å². The predicted molar refractivity (Wildman–Crippen MR) is 63.5 cm³/mol. The molecule has 0 bridgehead atoms. The van der Waals surface area contributed by atoms with Crippen LogP contribution in [0.25, 0.3) is 0 Å². The number of terminal acetylenes is 1. The summed E-state index contributed by atoms with van der Waals surface area (Å²) in [4.78, 5) is 4.44. The van der Waals surface area contributed by atoms with Crippen molar-refractivity contribution in [2.45, 2.75) is 32.2 Å². The topological polar surface area (TPSA) is 24.9 Å². The largest absolute Gasteiger partial charge is 0.312 e. The van der Waals surface area contributed by atoms with Crippen molar-refractivity contribution in [3.05, 3.63) is 29.6 Å². The summed E-state index contributed by atoms with van der Waals surface area (Å²) < 4.78 is 0. The van der Waals surface area contributed by atoms with Gasteiger partial charge in [0, 0.05) is 12.6 Å². The molecule has 2 heteroatoms. The number of hydrogen-bond donors (Lipinski definition) is 1. The van der Waals surface area contributed by atoms with Crippen LogP contribution in [0.1, 0.15) is 37.1 Å². The minimum Gasteiger partial charge on any atom is -0.312 e. The SMILES string of the molecule is C#CCCC(NC)c1ncccc1CC. The molecule has 2 nitrogen and oxygen atoms in total. The highest BCUT2D eigenvalue weighted by molar-refractivity contribution is 5.22. The van der Waals surface area contributed by atoms with Gasteiger partial charge in [0.25, 0.3) is 0 Å². The lowest BCUT2D eigenvalue weighted by molar-refractivity contribution is 0.539. The molecule has 1 rings (SSSR count). The number of aryl methyl sites for hydroxylation is 1. The van der Waals surface area contributed by atoms with Crippen molar-refractivity contribution in [1.29, 1.82) is 0 Å². The van der Waals surface area contributed by atoms with Gasteiger partial charge in [0.05, 0.1) is 11.7 Å². The Bertz CT molecular complexity index is 339. The lowest BCUT2D eigenvalue weighted by Crippen LogP contribution is -2.19. The fourth-order valence-corrected chi connectivity index (χ4v) is 1.71. The molecule has 0 fully saturated rings. The highest BCUT2D eigenvalue weighted by Gasteiger charge is 2.12. The molecule has 0 saturated heterocycles. The fourth-order valence-electron chi connectivity index (χ4n) is 1.71. The molecular formula is C13H18N2. The van der Waals surface area contributed by atoms with Crippen molar-refractivity contribution in [3.63, 3.8) is 0 Å². The Labute approximate surface area is 92.1 Å². The van der Waals surface area contributed by atoms with Crippen LogP contribution in [-0.2, 0) is 6.42 Å². The van der Waals surface area contributed by atoms with Crippen LogP contribution in [0.3, 0.4) is 0 Å². The van der Waals surface area contributed by atoms with Crippen LogP contribution in [0.2, 0.25) is 0 Å². The van der Waals surface area contributed by atoms with Gasteiger partial charge in [-0.1, -0.05) is 13.0 Å². The van der Waals surface area contributed by atoms with E-state index >= 15 is 0 Å². The van der Waals surface area contributed by atoms with Gasteiger partial charge in [-0.15, -0.1) is 12.3 Å². The number of aromatic nitrogens is 1. The van der Waals surface area contributed by atoms with Crippen molar-refractivity contribution < 1.29 is 0 Å². The van der Waals surface area contributed by atoms with Gasteiger partial charge in [0.15, 0.2) is 0 Å². The average Bonchev–Trinajstić information content (AvgIpc) is 2.30. The fraction of sp³-hybridized carbons (Fsp3) is 0.462. The Balaban J connectivity index is 2.86. The summed E-state index contributed by atoms with van der Waals surface area (Å²) in [6.45, 7) is 2.15. The van der Waals surface area contributed by atoms with E-state index in [2.05, 4.69) is 29.2 Å². The van der Waals surface area contributed by atoms with Crippen molar-refractivity contribution >= 4 is 0 Å². The molecule has 0 amide bonds. The highest BCUT2D eigenvalue weighted by Crippen LogP contribution is 2.19. The summed E-state index contributed by atoms with van der Waals surface area (Å²) in [5, 5.41) is 3.27. The smallest absolute Gasteiger partial charge is 0.0605 e. The van der Waals surface area contributed by atoms with Crippen LogP contribution in [-0.4, -0.2) is 12.0 Å². The number of rotatable bonds is 5. The van der Waals surface area contributed by atoms with Crippen molar-refractivity contribution in [2.75, 3.05) is 7.05 Å². The van der Waals surface area contributed by atoms with E-state index in [1.54, 1.807) is 0 Å². The standard InChI is InChI=1S/C13H18N2/c1-4-6-9-12(14-3)13-11(5-2)8-7-10-15-13/h1,7-8,10,12,14H,5-6,9H2,2-3H3. The normalized spacial score (nSPS) is 12.1. The molecule has 1 aromatic rings. The van der Waals surface area contributed by atoms with Crippen molar-refractivity contribution in [1.82, 2.24) is 10.3 Å². The second-order valence-corrected chi connectivity index (χ2v) is 3.49. The van der Waals surface area contributed by atoms with Gasteiger partial charge in [0.1, 0.15) is 0 Å². The van der Waals surface area contributed by atoms with Gasteiger partial charge in [-0.25, -0.2) is 0 Å². The molecule has 0 aliphatic heterocycles. The Morgan fingerprint density at radius 1 is 1.60 bits per heavy atom. The zero-order valence-electron chi connectivity index (χ0n) is 9.46. The maximum absolute atomic E-state index is 5.28. The molecule has 1 atom stereocenters. The molecule has 0 aromatic carbocycles. The molecule has 0 aliphatic rings. The Kier molecular flexibility index (Phi) is 4.86. The maximum Gasteiger partial charge on any atom is 0.0605 e. The van der Waals surface area contributed by atoms with Crippen LogP contribution in [0.5, 0.6) is 0 Å². The molecule has 1 aromatic heterocycles. The molecule has 80 valence electrons. The molecule has 1 unspecified atom stereocenters. The minimum atomic E-state index is 0.275. The van der Waals surface area contributed by atoms with E-state index in [4.69, 9.17) is 6.42 Å². The van der Waals surface area contributed by atoms with Crippen LogP contribution in [0, 0.1) is 12.3 Å². The van der Waals surface area contributed by atoms with Crippen LogP contribution in [0.15, 0.2) is 18.3 Å². The van der Waals surface area contributed by atoms with E-state index in [-0.39, 0.29) is 6.04 Å². The van der Waals surface area contributed by atoms with E-state index in [0.717, 1.165) is 25.0 Å². The Hall–Kier alpha value is -1.33. The van der Waals surface area contributed by atoms with E-state index in [0.29, 0.717) is 0 Å². The third-order valence-corrected chi connectivity index (χ3v) is 2.56. The molecule has 0 radical (unpaired) electrons. The third kappa shape index (κ3) is 3.07. The lowest BCUT2D eigenvalue weighted by atomic mass is 10.0. The quantitative estimate of drug-likeness (QED) is 0.741. The first kappa shape index (κ1) is 11.7. The summed E-state index contributed by atoms with van der Waals surface area (Å²) in [6.07, 6.45) is 9.86.